The van der Waals surface area contributed by atoms with Crippen LogP contribution in [0.3, 0.4) is 0 Å². The SMILES string of the molecule is CC1C(=O)Oc2cc3c(cc21)OCO3. The van der Waals surface area contributed by atoms with Crippen LogP contribution in [0.25, 0.3) is 0 Å². The lowest BCUT2D eigenvalue weighted by atomic mass is 10.0. The molecule has 0 aromatic heterocycles. The third-order valence-corrected chi connectivity index (χ3v) is 2.54. The van der Waals surface area contributed by atoms with E-state index in [4.69, 9.17) is 14.2 Å². The van der Waals surface area contributed by atoms with E-state index in [2.05, 4.69) is 0 Å². The first-order valence-corrected chi connectivity index (χ1v) is 4.41. The van der Waals surface area contributed by atoms with E-state index in [0.717, 1.165) is 5.56 Å². The van der Waals surface area contributed by atoms with Gasteiger partial charge in [-0.3, -0.25) is 4.79 Å². The minimum atomic E-state index is -0.219. The van der Waals surface area contributed by atoms with Crippen molar-refractivity contribution in [2.45, 2.75) is 12.8 Å². The summed E-state index contributed by atoms with van der Waals surface area (Å²) in [5, 5.41) is 0. The molecule has 1 aromatic carbocycles. The Hall–Kier alpha value is -1.71. The van der Waals surface area contributed by atoms with E-state index < -0.39 is 0 Å². The van der Waals surface area contributed by atoms with Crippen LogP contribution in [0.15, 0.2) is 12.1 Å². The van der Waals surface area contributed by atoms with Gasteiger partial charge in [0.05, 0.1) is 5.92 Å². The van der Waals surface area contributed by atoms with Crippen molar-refractivity contribution in [3.05, 3.63) is 17.7 Å². The molecular formula is C10H8O4. The van der Waals surface area contributed by atoms with Gasteiger partial charge in [-0.15, -0.1) is 0 Å². The van der Waals surface area contributed by atoms with Crippen molar-refractivity contribution in [1.82, 2.24) is 0 Å². The Bertz CT molecular complexity index is 424. The van der Waals surface area contributed by atoms with Crippen molar-refractivity contribution in [2.75, 3.05) is 6.79 Å². The van der Waals surface area contributed by atoms with Gasteiger partial charge in [0.1, 0.15) is 5.75 Å². The smallest absolute Gasteiger partial charge is 0.318 e. The number of hydrogen-bond acceptors (Lipinski definition) is 4. The van der Waals surface area contributed by atoms with E-state index in [1.54, 1.807) is 6.07 Å². The van der Waals surface area contributed by atoms with Crippen LogP contribution in [0.2, 0.25) is 0 Å². The average Bonchev–Trinajstić information content (AvgIpc) is 2.70. The second-order valence-corrected chi connectivity index (χ2v) is 3.39. The molecule has 2 aliphatic heterocycles. The Labute approximate surface area is 80.4 Å². The van der Waals surface area contributed by atoms with E-state index in [1.165, 1.54) is 0 Å². The van der Waals surface area contributed by atoms with Crippen LogP contribution in [-0.4, -0.2) is 12.8 Å². The van der Waals surface area contributed by atoms with E-state index in [0.29, 0.717) is 17.2 Å². The maximum Gasteiger partial charge on any atom is 0.318 e. The molecule has 0 aliphatic carbocycles. The van der Waals surface area contributed by atoms with E-state index in [-0.39, 0.29) is 18.7 Å². The topological polar surface area (TPSA) is 44.8 Å². The Morgan fingerprint density at radius 2 is 1.93 bits per heavy atom. The van der Waals surface area contributed by atoms with Crippen LogP contribution in [0, 0.1) is 0 Å². The summed E-state index contributed by atoms with van der Waals surface area (Å²) in [5.74, 6) is 1.49. The normalized spacial score (nSPS) is 22.1. The van der Waals surface area contributed by atoms with Crippen LogP contribution in [0.1, 0.15) is 18.4 Å². The molecule has 0 spiro atoms. The molecule has 1 atom stereocenters. The molecule has 0 radical (unpaired) electrons. The summed E-state index contributed by atoms with van der Waals surface area (Å²) in [6.45, 7) is 2.05. The summed E-state index contributed by atoms with van der Waals surface area (Å²) in [5.41, 5.74) is 0.874. The van der Waals surface area contributed by atoms with Crippen molar-refractivity contribution in [2.24, 2.45) is 0 Å². The van der Waals surface area contributed by atoms with Crippen molar-refractivity contribution in [3.8, 4) is 17.2 Å². The number of fused-ring (bicyclic) bond motifs is 2. The molecule has 2 heterocycles. The minimum absolute atomic E-state index is 0.209. The maximum atomic E-state index is 11.3. The molecule has 0 bridgehead atoms. The number of hydrogen-bond donors (Lipinski definition) is 0. The lowest BCUT2D eigenvalue weighted by Crippen LogP contribution is -2.05. The second-order valence-electron chi connectivity index (χ2n) is 3.39. The number of rotatable bonds is 0. The molecule has 4 nitrogen and oxygen atoms in total. The molecular weight excluding hydrogens is 184 g/mol. The Morgan fingerprint density at radius 1 is 1.21 bits per heavy atom. The maximum absolute atomic E-state index is 11.3. The highest BCUT2D eigenvalue weighted by Gasteiger charge is 2.32. The van der Waals surface area contributed by atoms with Gasteiger partial charge in [-0.25, -0.2) is 0 Å². The van der Waals surface area contributed by atoms with Crippen molar-refractivity contribution in [3.63, 3.8) is 0 Å². The Kier molecular flexibility index (Phi) is 1.32. The molecule has 0 saturated carbocycles. The Morgan fingerprint density at radius 3 is 2.71 bits per heavy atom. The first-order valence-electron chi connectivity index (χ1n) is 4.41. The van der Waals surface area contributed by atoms with Gasteiger partial charge in [0.25, 0.3) is 0 Å². The van der Waals surface area contributed by atoms with Gasteiger partial charge in [0.15, 0.2) is 11.5 Å². The van der Waals surface area contributed by atoms with Gasteiger partial charge in [-0.2, -0.15) is 0 Å². The molecule has 0 fully saturated rings. The largest absolute Gasteiger partial charge is 0.454 e. The molecule has 0 saturated heterocycles. The van der Waals surface area contributed by atoms with Crippen molar-refractivity contribution in [1.29, 1.82) is 0 Å². The highest BCUT2D eigenvalue weighted by Crippen LogP contribution is 2.44. The van der Waals surface area contributed by atoms with E-state index >= 15 is 0 Å². The predicted octanol–water partition coefficient (Wildman–Crippen LogP) is 1.44. The molecule has 0 N–H and O–H groups in total. The highest BCUT2D eigenvalue weighted by atomic mass is 16.7. The summed E-state index contributed by atoms with van der Waals surface area (Å²) in [6, 6.07) is 3.52. The van der Waals surface area contributed by atoms with E-state index in [9.17, 15) is 4.79 Å². The monoisotopic (exact) mass is 192 g/mol. The standard InChI is InChI=1S/C10H8O4/c1-5-6-2-8-9(13-4-12-8)3-7(6)14-10(5)11/h2-3,5H,4H2,1H3. The van der Waals surface area contributed by atoms with Gasteiger partial charge >= 0.3 is 5.97 Å². The third kappa shape index (κ3) is 0.852. The first-order chi connectivity index (χ1) is 6.75. The number of esters is 1. The lowest BCUT2D eigenvalue weighted by Gasteiger charge is -2.00. The fraction of sp³-hybridized carbons (Fsp3) is 0.300. The highest BCUT2D eigenvalue weighted by molar-refractivity contribution is 5.86. The second kappa shape index (κ2) is 2.41. The number of benzene rings is 1. The number of carbonyl (C=O) groups is 1. The molecule has 2 aliphatic rings. The van der Waals surface area contributed by atoms with Crippen LogP contribution < -0.4 is 14.2 Å². The summed E-state index contributed by atoms with van der Waals surface area (Å²) in [7, 11) is 0. The molecule has 0 amide bonds. The van der Waals surface area contributed by atoms with Gasteiger partial charge in [-0.05, 0) is 13.0 Å². The summed E-state index contributed by atoms with van der Waals surface area (Å²) >= 11 is 0. The zero-order valence-corrected chi connectivity index (χ0v) is 7.57. The quantitative estimate of drug-likeness (QED) is 0.461. The van der Waals surface area contributed by atoms with Crippen molar-refractivity contribution >= 4 is 5.97 Å². The van der Waals surface area contributed by atoms with Gasteiger partial charge < -0.3 is 14.2 Å². The Balaban J connectivity index is 2.17. The molecule has 3 rings (SSSR count). The van der Waals surface area contributed by atoms with Crippen LogP contribution in [0.5, 0.6) is 17.2 Å². The summed E-state index contributed by atoms with van der Waals surface area (Å²) in [4.78, 5) is 11.3. The lowest BCUT2D eigenvalue weighted by molar-refractivity contribution is -0.133. The van der Waals surface area contributed by atoms with Gasteiger partial charge in [-0.1, -0.05) is 0 Å². The first kappa shape index (κ1) is 7.67. The zero-order valence-electron chi connectivity index (χ0n) is 7.57. The van der Waals surface area contributed by atoms with Crippen LogP contribution in [-0.2, 0) is 4.79 Å². The fourth-order valence-corrected chi connectivity index (χ4v) is 1.69. The molecule has 72 valence electrons. The molecule has 1 unspecified atom stereocenters. The molecule has 4 heteroatoms. The number of carbonyl (C=O) groups excluding carboxylic acids is 1. The molecule has 14 heavy (non-hydrogen) atoms. The number of ether oxygens (including phenoxy) is 3. The van der Waals surface area contributed by atoms with Gasteiger partial charge in [0, 0.05) is 11.6 Å². The fourth-order valence-electron chi connectivity index (χ4n) is 1.69. The van der Waals surface area contributed by atoms with E-state index in [1.807, 2.05) is 13.0 Å². The van der Waals surface area contributed by atoms with Crippen LogP contribution in [0.4, 0.5) is 0 Å². The summed E-state index contributed by atoms with van der Waals surface area (Å²) in [6.07, 6.45) is 0. The summed E-state index contributed by atoms with van der Waals surface area (Å²) < 4.78 is 15.5. The average molecular weight is 192 g/mol. The minimum Gasteiger partial charge on any atom is -0.454 e. The predicted molar refractivity (Wildman–Crippen MR) is 46.6 cm³/mol. The molecule has 1 aromatic rings. The van der Waals surface area contributed by atoms with Gasteiger partial charge in [0.2, 0.25) is 6.79 Å². The van der Waals surface area contributed by atoms with Crippen molar-refractivity contribution < 1.29 is 19.0 Å². The third-order valence-electron chi connectivity index (χ3n) is 2.54. The van der Waals surface area contributed by atoms with Crippen LogP contribution >= 0.6 is 0 Å². The zero-order chi connectivity index (χ0) is 9.71.